The number of aromatic hydroxyl groups is 1. The number of nitrogens with zero attached hydrogens (tertiary/aromatic N) is 3. The number of hydrogen-bond acceptors (Lipinski definition) is 6. The molecule has 3 heterocycles. The Morgan fingerprint density at radius 3 is 2.32 bits per heavy atom. The van der Waals surface area contributed by atoms with Crippen LogP contribution in [0.1, 0.15) is 66.0 Å². The molecule has 2 N–H and O–H groups in total. The van der Waals surface area contributed by atoms with Crippen molar-refractivity contribution in [1.29, 1.82) is 0 Å². The first kappa shape index (κ1) is 21.5. The maximum absolute atomic E-state index is 10.6. The number of phenols is 1. The van der Waals surface area contributed by atoms with Gasteiger partial charge in [-0.1, -0.05) is 13.8 Å². The van der Waals surface area contributed by atoms with Crippen molar-refractivity contribution in [2.75, 3.05) is 0 Å². The van der Waals surface area contributed by atoms with Gasteiger partial charge in [0.1, 0.15) is 11.9 Å². The summed E-state index contributed by atoms with van der Waals surface area (Å²) in [6, 6.07) is 9.37. The van der Waals surface area contributed by atoms with E-state index in [1.54, 1.807) is 6.07 Å². The average Bonchev–Trinajstić information content (AvgIpc) is 2.65. The molecule has 6 nitrogen and oxygen atoms in total. The Labute approximate surface area is 184 Å². The van der Waals surface area contributed by atoms with Crippen molar-refractivity contribution in [3.63, 3.8) is 0 Å². The number of hydrogen-bond donors (Lipinski definition) is 2. The van der Waals surface area contributed by atoms with Crippen LogP contribution in [-0.2, 0) is 0 Å². The second-order valence-electron chi connectivity index (χ2n) is 10.3. The summed E-state index contributed by atoms with van der Waals surface area (Å²) in [4.78, 5) is 4.53. The maximum Gasteiger partial charge on any atom is 0.233 e. The summed E-state index contributed by atoms with van der Waals surface area (Å²) in [5, 5.41) is 24.8. The van der Waals surface area contributed by atoms with Gasteiger partial charge in [-0.15, -0.1) is 10.2 Å². The zero-order valence-electron chi connectivity index (χ0n) is 19.2. The molecule has 1 aromatic carbocycles. The van der Waals surface area contributed by atoms with Crippen LogP contribution in [0.15, 0.2) is 36.5 Å². The monoisotopic (exact) mass is 420 g/mol. The first-order valence-electron chi connectivity index (χ1n) is 10.9. The normalized spacial score (nSPS) is 18.4. The van der Waals surface area contributed by atoms with Gasteiger partial charge in [0.05, 0.1) is 5.69 Å². The minimum atomic E-state index is 0.000140. The highest BCUT2D eigenvalue weighted by Crippen LogP contribution is 2.34. The molecule has 0 radical (unpaired) electrons. The molecular formula is C25H32N4O2. The van der Waals surface area contributed by atoms with Gasteiger partial charge < -0.3 is 15.2 Å². The van der Waals surface area contributed by atoms with Gasteiger partial charge in [-0.3, -0.25) is 4.98 Å². The first-order chi connectivity index (χ1) is 14.5. The molecule has 0 saturated carbocycles. The molecule has 3 aromatic rings. The molecule has 0 amide bonds. The lowest BCUT2D eigenvalue weighted by Crippen LogP contribution is -2.60. The van der Waals surface area contributed by atoms with Crippen molar-refractivity contribution in [2.45, 2.75) is 77.5 Å². The number of nitrogens with one attached hydrogen (secondary N) is 1. The topological polar surface area (TPSA) is 80.2 Å². The van der Waals surface area contributed by atoms with Crippen molar-refractivity contribution in [2.24, 2.45) is 0 Å². The molecule has 1 saturated heterocycles. The van der Waals surface area contributed by atoms with E-state index in [1.165, 1.54) is 0 Å². The third-order valence-electron chi connectivity index (χ3n) is 5.81. The molecule has 1 aliphatic heterocycles. The lowest BCUT2D eigenvalue weighted by Gasteiger charge is -2.46. The second-order valence-corrected chi connectivity index (χ2v) is 10.3. The van der Waals surface area contributed by atoms with E-state index in [0.717, 1.165) is 29.3 Å². The lowest BCUT2D eigenvalue weighted by molar-refractivity contribution is 0.0524. The minimum absolute atomic E-state index is 0.000140. The summed E-state index contributed by atoms with van der Waals surface area (Å²) in [5.74, 6) is 1.02. The largest absolute Gasteiger partial charge is 0.507 e. The van der Waals surface area contributed by atoms with E-state index in [9.17, 15) is 5.11 Å². The zero-order valence-corrected chi connectivity index (χ0v) is 19.2. The molecular weight excluding hydrogens is 388 g/mol. The summed E-state index contributed by atoms with van der Waals surface area (Å²) in [5.41, 5.74) is 2.24. The van der Waals surface area contributed by atoms with Crippen LogP contribution >= 0.6 is 0 Å². The molecule has 4 rings (SSSR count). The molecule has 0 unspecified atom stereocenters. The van der Waals surface area contributed by atoms with Gasteiger partial charge in [0.25, 0.3) is 0 Å². The van der Waals surface area contributed by atoms with E-state index in [2.05, 4.69) is 62.0 Å². The predicted molar refractivity (Wildman–Crippen MR) is 123 cm³/mol. The molecule has 0 aliphatic carbocycles. The fraction of sp³-hybridized carbons (Fsp3) is 0.480. The van der Waals surface area contributed by atoms with Crippen LogP contribution in [0, 0.1) is 0 Å². The number of fused-ring (bicyclic) bond motifs is 1. The Balaban J connectivity index is 1.56. The first-order valence-corrected chi connectivity index (χ1v) is 10.9. The fourth-order valence-electron chi connectivity index (χ4n) is 4.73. The Kier molecular flexibility index (Phi) is 5.38. The van der Waals surface area contributed by atoms with Gasteiger partial charge in [0, 0.05) is 52.8 Å². The third kappa shape index (κ3) is 4.79. The van der Waals surface area contributed by atoms with E-state index in [1.807, 2.05) is 30.5 Å². The predicted octanol–water partition coefficient (Wildman–Crippen LogP) is 5.21. The number of pyridine rings is 1. The number of phenolic OH excluding ortho intramolecular Hbond substituents is 1. The SMILES string of the molecule is CC(C)c1cc2cc(O)c(-c3ccc(OC4CC(C)(C)NC(C)(C)C4)nn3)cc2cn1. The molecule has 6 heteroatoms. The van der Waals surface area contributed by atoms with Crippen molar-refractivity contribution in [1.82, 2.24) is 20.5 Å². The van der Waals surface area contributed by atoms with Crippen LogP contribution in [0.2, 0.25) is 0 Å². The van der Waals surface area contributed by atoms with Gasteiger partial charge in [0.2, 0.25) is 5.88 Å². The Bertz CT molecular complexity index is 1070. The molecule has 31 heavy (non-hydrogen) atoms. The molecule has 2 aromatic heterocycles. The van der Waals surface area contributed by atoms with E-state index in [0.29, 0.717) is 23.1 Å². The fourth-order valence-corrected chi connectivity index (χ4v) is 4.73. The summed E-state index contributed by atoms with van der Waals surface area (Å²) in [6.07, 6.45) is 3.72. The highest BCUT2D eigenvalue weighted by Gasteiger charge is 2.38. The highest BCUT2D eigenvalue weighted by atomic mass is 16.5. The van der Waals surface area contributed by atoms with Gasteiger partial charge in [-0.2, -0.15) is 0 Å². The number of aromatic nitrogens is 3. The van der Waals surface area contributed by atoms with E-state index in [-0.39, 0.29) is 22.9 Å². The van der Waals surface area contributed by atoms with E-state index >= 15 is 0 Å². The Morgan fingerprint density at radius 1 is 1.00 bits per heavy atom. The number of piperidine rings is 1. The van der Waals surface area contributed by atoms with E-state index in [4.69, 9.17) is 4.74 Å². The molecule has 164 valence electrons. The van der Waals surface area contributed by atoms with Crippen LogP contribution in [0.4, 0.5) is 0 Å². The second kappa shape index (κ2) is 7.75. The number of rotatable bonds is 4. The number of benzene rings is 1. The maximum atomic E-state index is 10.6. The van der Waals surface area contributed by atoms with Crippen LogP contribution < -0.4 is 10.1 Å². The summed E-state index contributed by atoms with van der Waals surface area (Å²) in [6.45, 7) is 13.0. The van der Waals surface area contributed by atoms with Crippen LogP contribution in [-0.4, -0.2) is 37.5 Å². The molecule has 0 atom stereocenters. The van der Waals surface area contributed by atoms with Gasteiger partial charge in [-0.25, -0.2) is 0 Å². The van der Waals surface area contributed by atoms with Gasteiger partial charge >= 0.3 is 0 Å². The summed E-state index contributed by atoms with van der Waals surface area (Å²) < 4.78 is 6.17. The molecule has 1 aliphatic rings. The summed E-state index contributed by atoms with van der Waals surface area (Å²) >= 11 is 0. The van der Waals surface area contributed by atoms with Crippen molar-refractivity contribution in [3.05, 3.63) is 42.2 Å². The van der Waals surface area contributed by atoms with Gasteiger partial charge in [0.15, 0.2) is 0 Å². The van der Waals surface area contributed by atoms with Crippen LogP contribution in [0.25, 0.3) is 22.0 Å². The van der Waals surface area contributed by atoms with Crippen LogP contribution in [0.5, 0.6) is 11.6 Å². The van der Waals surface area contributed by atoms with Crippen molar-refractivity contribution >= 4 is 10.8 Å². The van der Waals surface area contributed by atoms with Crippen molar-refractivity contribution < 1.29 is 9.84 Å². The standard InChI is InChI=1S/C25H32N4O2/c1-15(2)21-10-16-11-22(30)19(9-17(16)14-26-21)20-7-8-23(28-27-20)31-18-12-24(3,4)29-25(5,6)13-18/h7-11,14-15,18,29-30H,12-13H2,1-6H3. The summed E-state index contributed by atoms with van der Waals surface area (Å²) in [7, 11) is 0. The minimum Gasteiger partial charge on any atom is -0.507 e. The molecule has 0 spiro atoms. The molecule has 0 bridgehead atoms. The smallest absolute Gasteiger partial charge is 0.233 e. The zero-order chi connectivity index (χ0) is 22.4. The van der Waals surface area contributed by atoms with E-state index < -0.39 is 0 Å². The highest BCUT2D eigenvalue weighted by molar-refractivity contribution is 5.89. The van der Waals surface area contributed by atoms with Gasteiger partial charge in [-0.05, 0) is 63.3 Å². The number of ether oxygens (including phenoxy) is 1. The molecule has 1 fully saturated rings. The van der Waals surface area contributed by atoms with Crippen molar-refractivity contribution in [3.8, 4) is 22.9 Å². The third-order valence-corrected chi connectivity index (χ3v) is 5.81. The average molecular weight is 421 g/mol. The van der Waals surface area contributed by atoms with Crippen LogP contribution in [0.3, 0.4) is 0 Å². The quantitative estimate of drug-likeness (QED) is 0.603. The lowest BCUT2D eigenvalue weighted by atomic mass is 9.81. The Morgan fingerprint density at radius 2 is 1.71 bits per heavy atom. The Hall–Kier alpha value is -2.73.